The molecule has 0 saturated carbocycles. The van der Waals surface area contributed by atoms with Crippen molar-refractivity contribution in [3.05, 3.63) is 35.4 Å². The minimum atomic E-state index is -0.0737. The Morgan fingerprint density at radius 1 is 1.17 bits per heavy atom. The van der Waals surface area contributed by atoms with Crippen molar-refractivity contribution in [3.63, 3.8) is 0 Å². The van der Waals surface area contributed by atoms with Crippen molar-refractivity contribution >= 4 is 35.8 Å². The number of nitrogens with one attached hydrogen (secondary N) is 3. The Kier molecular flexibility index (Phi) is 12.4. The van der Waals surface area contributed by atoms with Gasteiger partial charge in [-0.3, -0.25) is 4.79 Å². The molecule has 1 amide bonds. The summed E-state index contributed by atoms with van der Waals surface area (Å²) >= 11 is 0. The number of hydrogen-bond acceptors (Lipinski definition) is 2. The van der Waals surface area contributed by atoms with E-state index < -0.39 is 0 Å². The summed E-state index contributed by atoms with van der Waals surface area (Å²) in [5, 5.41) is 9.21. The molecule has 1 aromatic carbocycles. The summed E-state index contributed by atoms with van der Waals surface area (Å²) in [5.41, 5.74) is 1.68. The third-order valence-electron chi connectivity index (χ3n) is 3.25. The number of unbranched alkanes of at least 4 members (excludes halogenated alkanes) is 2. The third-order valence-corrected chi connectivity index (χ3v) is 3.25. The summed E-state index contributed by atoms with van der Waals surface area (Å²) in [7, 11) is 1.64. The summed E-state index contributed by atoms with van der Waals surface area (Å²) in [5.74, 6) is 0.749. The summed E-state index contributed by atoms with van der Waals surface area (Å²) in [6, 6.07) is 7.55. The molecule has 1 rings (SSSR count). The van der Waals surface area contributed by atoms with E-state index in [1.807, 2.05) is 18.2 Å². The van der Waals surface area contributed by atoms with Crippen LogP contribution in [0, 0.1) is 0 Å². The number of rotatable bonds is 8. The number of amides is 1. The molecule has 0 fully saturated rings. The van der Waals surface area contributed by atoms with E-state index in [-0.39, 0.29) is 29.9 Å². The number of halogens is 1. The number of nitrogens with zero attached hydrogens (tertiary/aromatic N) is 1. The van der Waals surface area contributed by atoms with Crippen molar-refractivity contribution in [2.24, 2.45) is 4.99 Å². The standard InChI is InChI=1S/C17H28N4O.HI/c1-4-6-7-11-20-17(19-5-2)21-13-14-9-8-10-15(12-14)16(22)18-3;/h8-10,12H,4-7,11,13H2,1-3H3,(H,18,22)(H2,19,20,21);1H. The van der Waals surface area contributed by atoms with Gasteiger partial charge < -0.3 is 16.0 Å². The van der Waals surface area contributed by atoms with Crippen molar-refractivity contribution in [1.82, 2.24) is 16.0 Å². The molecule has 1 aromatic rings. The van der Waals surface area contributed by atoms with Crippen LogP contribution in [0.4, 0.5) is 0 Å². The second-order valence-electron chi connectivity index (χ2n) is 5.11. The molecule has 0 radical (unpaired) electrons. The summed E-state index contributed by atoms with van der Waals surface area (Å²) in [6.45, 7) is 6.55. The average Bonchev–Trinajstić information content (AvgIpc) is 2.56. The van der Waals surface area contributed by atoms with Crippen molar-refractivity contribution in [1.29, 1.82) is 0 Å². The van der Waals surface area contributed by atoms with Crippen LogP contribution in [-0.4, -0.2) is 32.0 Å². The van der Waals surface area contributed by atoms with Crippen LogP contribution >= 0.6 is 24.0 Å². The number of guanidine groups is 1. The molecule has 0 atom stereocenters. The maximum absolute atomic E-state index is 11.6. The molecule has 130 valence electrons. The zero-order valence-corrected chi connectivity index (χ0v) is 16.6. The molecular weight excluding hydrogens is 403 g/mol. The first kappa shape index (κ1) is 21.7. The largest absolute Gasteiger partial charge is 0.357 e. The minimum Gasteiger partial charge on any atom is -0.357 e. The predicted molar refractivity (Wildman–Crippen MR) is 108 cm³/mol. The average molecular weight is 432 g/mol. The molecule has 3 N–H and O–H groups in total. The second kappa shape index (κ2) is 13.2. The molecule has 0 unspecified atom stereocenters. The van der Waals surface area contributed by atoms with Crippen molar-refractivity contribution < 1.29 is 4.79 Å². The van der Waals surface area contributed by atoms with Crippen molar-refractivity contribution in [2.75, 3.05) is 20.1 Å². The van der Waals surface area contributed by atoms with Crippen molar-refractivity contribution in [3.8, 4) is 0 Å². The van der Waals surface area contributed by atoms with Crippen LogP contribution in [0.15, 0.2) is 29.3 Å². The molecule has 0 bridgehead atoms. The molecule has 0 spiro atoms. The van der Waals surface area contributed by atoms with Crippen LogP contribution in [0.1, 0.15) is 49.0 Å². The number of carbonyl (C=O) groups excluding carboxylic acids is 1. The van der Waals surface area contributed by atoms with Gasteiger partial charge in [0.05, 0.1) is 6.54 Å². The molecule has 0 aliphatic rings. The van der Waals surface area contributed by atoms with Crippen molar-refractivity contribution in [2.45, 2.75) is 39.7 Å². The van der Waals surface area contributed by atoms with Gasteiger partial charge in [-0.1, -0.05) is 31.9 Å². The van der Waals surface area contributed by atoms with Gasteiger partial charge in [-0.15, -0.1) is 24.0 Å². The maximum atomic E-state index is 11.6. The zero-order chi connectivity index (χ0) is 16.2. The van der Waals surface area contributed by atoms with Gasteiger partial charge in [0.25, 0.3) is 5.91 Å². The van der Waals surface area contributed by atoms with Gasteiger partial charge in [0.2, 0.25) is 0 Å². The first-order valence-corrected chi connectivity index (χ1v) is 8.04. The Balaban J connectivity index is 0.00000484. The van der Waals surface area contributed by atoms with E-state index in [2.05, 4.69) is 34.8 Å². The van der Waals surface area contributed by atoms with Gasteiger partial charge in [-0.25, -0.2) is 4.99 Å². The lowest BCUT2D eigenvalue weighted by Crippen LogP contribution is -2.37. The summed E-state index contributed by atoms with van der Waals surface area (Å²) in [4.78, 5) is 16.2. The second-order valence-corrected chi connectivity index (χ2v) is 5.11. The van der Waals surface area contributed by atoms with E-state index >= 15 is 0 Å². The molecule has 6 heteroatoms. The Bertz CT molecular complexity index is 491. The molecule has 0 saturated heterocycles. The highest BCUT2D eigenvalue weighted by Gasteiger charge is 2.03. The van der Waals surface area contributed by atoms with Gasteiger partial charge in [0.15, 0.2) is 5.96 Å². The fourth-order valence-corrected chi connectivity index (χ4v) is 2.05. The summed E-state index contributed by atoms with van der Waals surface area (Å²) < 4.78 is 0. The minimum absolute atomic E-state index is 0. The fourth-order valence-electron chi connectivity index (χ4n) is 2.05. The number of hydrogen-bond donors (Lipinski definition) is 3. The van der Waals surface area contributed by atoms with Crippen LogP contribution in [0.5, 0.6) is 0 Å². The van der Waals surface area contributed by atoms with E-state index in [0.29, 0.717) is 12.1 Å². The number of benzene rings is 1. The molecular formula is C17H29IN4O. The van der Waals surface area contributed by atoms with E-state index in [4.69, 9.17) is 0 Å². The lowest BCUT2D eigenvalue weighted by molar-refractivity contribution is 0.0963. The maximum Gasteiger partial charge on any atom is 0.251 e. The molecule has 0 aliphatic carbocycles. The highest BCUT2D eigenvalue weighted by atomic mass is 127. The van der Waals surface area contributed by atoms with Gasteiger partial charge in [-0.2, -0.15) is 0 Å². The normalized spacial score (nSPS) is 10.7. The van der Waals surface area contributed by atoms with Crippen LogP contribution in [0.2, 0.25) is 0 Å². The third kappa shape index (κ3) is 8.78. The first-order valence-electron chi connectivity index (χ1n) is 8.04. The van der Waals surface area contributed by atoms with E-state index in [0.717, 1.165) is 31.0 Å². The Morgan fingerprint density at radius 2 is 1.96 bits per heavy atom. The molecule has 23 heavy (non-hydrogen) atoms. The molecule has 0 aliphatic heterocycles. The predicted octanol–water partition coefficient (Wildman–Crippen LogP) is 2.91. The Labute approximate surface area is 156 Å². The highest BCUT2D eigenvalue weighted by molar-refractivity contribution is 14.0. The smallest absolute Gasteiger partial charge is 0.251 e. The summed E-state index contributed by atoms with van der Waals surface area (Å²) in [6.07, 6.45) is 3.58. The first-order chi connectivity index (χ1) is 10.7. The molecule has 0 heterocycles. The van der Waals surface area contributed by atoms with Crippen LogP contribution < -0.4 is 16.0 Å². The van der Waals surface area contributed by atoms with E-state index in [1.54, 1.807) is 13.1 Å². The molecule has 0 aromatic heterocycles. The number of aliphatic imine (C=N–C) groups is 1. The van der Waals surface area contributed by atoms with Gasteiger partial charge >= 0.3 is 0 Å². The SMILES string of the molecule is CCCCCNC(=NCc1cccc(C(=O)NC)c1)NCC.I. The topological polar surface area (TPSA) is 65.5 Å². The Hall–Kier alpha value is -1.31. The van der Waals surface area contributed by atoms with E-state index in [1.165, 1.54) is 12.8 Å². The van der Waals surface area contributed by atoms with Crippen LogP contribution in [-0.2, 0) is 6.54 Å². The van der Waals surface area contributed by atoms with Gasteiger partial charge in [-0.05, 0) is 31.0 Å². The van der Waals surface area contributed by atoms with Gasteiger partial charge in [0.1, 0.15) is 0 Å². The fraction of sp³-hybridized carbons (Fsp3) is 0.529. The molecule has 5 nitrogen and oxygen atoms in total. The highest BCUT2D eigenvalue weighted by Crippen LogP contribution is 2.06. The lowest BCUT2D eigenvalue weighted by Gasteiger charge is -2.11. The van der Waals surface area contributed by atoms with E-state index in [9.17, 15) is 4.79 Å². The monoisotopic (exact) mass is 432 g/mol. The zero-order valence-electron chi connectivity index (χ0n) is 14.3. The van der Waals surface area contributed by atoms with Crippen LogP contribution in [0.25, 0.3) is 0 Å². The Morgan fingerprint density at radius 3 is 2.61 bits per heavy atom. The van der Waals surface area contributed by atoms with Crippen LogP contribution in [0.3, 0.4) is 0 Å². The lowest BCUT2D eigenvalue weighted by atomic mass is 10.1. The van der Waals surface area contributed by atoms with Gasteiger partial charge in [0, 0.05) is 25.7 Å². The number of carbonyl (C=O) groups is 1. The quantitative estimate of drug-likeness (QED) is 0.256.